The van der Waals surface area contributed by atoms with E-state index in [1.165, 1.54) is 4.88 Å². The number of thiophene rings is 1. The van der Waals surface area contributed by atoms with E-state index in [4.69, 9.17) is 0 Å². The van der Waals surface area contributed by atoms with Gasteiger partial charge in [-0.1, -0.05) is 32.6 Å². The van der Waals surface area contributed by atoms with Gasteiger partial charge < -0.3 is 0 Å². The fraction of sp³-hybridized carbons (Fsp3) is 0.250. The highest BCUT2D eigenvalue weighted by molar-refractivity contribution is 7.10. The summed E-state index contributed by atoms with van der Waals surface area (Å²) in [4.78, 5) is 1.24. The van der Waals surface area contributed by atoms with Crippen molar-refractivity contribution in [3.63, 3.8) is 0 Å². The van der Waals surface area contributed by atoms with E-state index in [2.05, 4.69) is 6.58 Å². The van der Waals surface area contributed by atoms with E-state index >= 15 is 0 Å². The van der Waals surface area contributed by atoms with Gasteiger partial charge in [-0.2, -0.15) is 0 Å². The van der Waals surface area contributed by atoms with Gasteiger partial charge >= 0.3 is 0 Å². The molecule has 9 heavy (non-hydrogen) atoms. The van der Waals surface area contributed by atoms with Gasteiger partial charge in [0.25, 0.3) is 0 Å². The number of hydrogen-bond donors (Lipinski definition) is 0. The molecule has 50 valence electrons. The van der Waals surface area contributed by atoms with Crippen molar-refractivity contribution < 1.29 is 0 Å². The molecule has 0 aromatic carbocycles. The second-order valence-corrected chi connectivity index (χ2v) is 2.20. The molecule has 0 saturated carbocycles. The minimum Gasteiger partial charge on any atom is -0.144 e. The first-order valence-electron chi connectivity index (χ1n) is 3.09. The predicted molar refractivity (Wildman–Crippen MR) is 45.8 cm³/mol. The molecule has 0 amide bonds. The Morgan fingerprint density at radius 3 is 2.44 bits per heavy atom. The normalized spacial score (nSPS) is 7.33. The van der Waals surface area contributed by atoms with Crippen LogP contribution < -0.4 is 0 Å². The van der Waals surface area contributed by atoms with Crippen LogP contribution in [-0.4, -0.2) is 0 Å². The van der Waals surface area contributed by atoms with Crippen molar-refractivity contribution in [2.24, 2.45) is 0 Å². The van der Waals surface area contributed by atoms with Crippen molar-refractivity contribution in [2.45, 2.75) is 13.8 Å². The smallest absolute Gasteiger partial charge is 0.0264 e. The Morgan fingerprint density at radius 2 is 2.22 bits per heavy atom. The van der Waals surface area contributed by atoms with Crippen LogP contribution in [0.2, 0.25) is 0 Å². The van der Waals surface area contributed by atoms with E-state index in [1.54, 1.807) is 11.3 Å². The molecule has 0 nitrogen and oxygen atoms in total. The Bertz CT molecular complexity index is 140. The molecule has 1 aromatic rings. The zero-order valence-corrected chi connectivity index (χ0v) is 6.74. The summed E-state index contributed by atoms with van der Waals surface area (Å²) in [5.41, 5.74) is 0. The summed E-state index contributed by atoms with van der Waals surface area (Å²) < 4.78 is 0. The lowest BCUT2D eigenvalue weighted by molar-refractivity contribution is 1.50. The molecule has 0 aliphatic carbocycles. The van der Waals surface area contributed by atoms with Crippen LogP contribution in [0.4, 0.5) is 0 Å². The third kappa shape index (κ3) is 3.09. The first kappa shape index (κ1) is 8.44. The molecule has 1 heteroatoms. The Morgan fingerprint density at radius 1 is 1.56 bits per heavy atom. The van der Waals surface area contributed by atoms with Crippen LogP contribution in [0.3, 0.4) is 0 Å². The standard InChI is InChI=1S/C6H6S.C2H6/c1-2-6-4-3-5-7-6;1-2/h2-5H,1H2;1-2H3. The summed E-state index contributed by atoms with van der Waals surface area (Å²) in [6, 6.07) is 4.05. The van der Waals surface area contributed by atoms with Crippen LogP contribution in [0, 0.1) is 0 Å². The van der Waals surface area contributed by atoms with Gasteiger partial charge in [-0.25, -0.2) is 0 Å². The summed E-state index contributed by atoms with van der Waals surface area (Å²) in [5.74, 6) is 0. The fourth-order valence-electron chi connectivity index (χ4n) is 0.407. The average molecular weight is 140 g/mol. The van der Waals surface area contributed by atoms with Crippen LogP contribution >= 0.6 is 11.3 Å². The quantitative estimate of drug-likeness (QED) is 0.560. The lowest BCUT2D eigenvalue weighted by Crippen LogP contribution is -1.45. The Labute approximate surface area is 60.8 Å². The van der Waals surface area contributed by atoms with Gasteiger partial charge in [0.15, 0.2) is 0 Å². The largest absolute Gasteiger partial charge is 0.144 e. The summed E-state index contributed by atoms with van der Waals surface area (Å²) in [6.07, 6.45) is 1.85. The van der Waals surface area contributed by atoms with Crippen molar-refractivity contribution in [2.75, 3.05) is 0 Å². The van der Waals surface area contributed by atoms with Crippen molar-refractivity contribution in [1.82, 2.24) is 0 Å². The monoisotopic (exact) mass is 140 g/mol. The van der Waals surface area contributed by atoms with Gasteiger partial charge in [0, 0.05) is 4.88 Å². The zero-order valence-electron chi connectivity index (χ0n) is 5.92. The van der Waals surface area contributed by atoms with Gasteiger partial charge in [0.1, 0.15) is 0 Å². The molecule has 0 aliphatic heterocycles. The number of rotatable bonds is 1. The Kier molecular flexibility index (Phi) is 5.23. The Balaban J connectivity index is 0.000000291. The first-order valence-corrected chi connectivity index (χ1v) is 3.97. The van der Waals surface area contributed by atoms with E-state index in [1.807, 2.05) is 37.4 Å². The Hall–Kier alpha value is -0.560. The van der Waals surface area contributed by atoms with Crippen LogP contribution in [0.5, 0.6) is 0 Å². The SMILES string of the molecule is C=Cc1cccs1.CC. The molecule has 0 aliphatic rings. The third-order valence-corrected chi connectivity index (χ3v) is 1.61. The molecule has 1 aromatic heterocycles. The molecule has 1 rings (SSSR count). The van der Waals surface area contributed by atoms with E-state index < -0.39 is 0 Å². The summed E-state index contributed by atoms with van der Waals surface area (Å²) in [7, 11) is 0. The van der Waals surface area contributed by atoms with Gasteiger partial charge in [-0.05, 0) is 11.4 Å². The molecule has 0 radical (unpaired) electrons. The lowest BCUT2D eigenvalue weighted by atomic mass is 10.5. The summed E-state index contributed by atoms with van der Waals surface area (Å²) >= 11 is 1.70. The van der Waals surface area contributed by atoms with E-state index in [0.717, 1.165) is 0 Å². The highest BCUT2D eigenvalue weighted by Crippen LogP contribution is 2.07. The highest BCUT2D eigenvalue weighted by Gasteiger charge is 1.78. The van der Waals surface area contributed by atoms with Crippen LogP contribution in [0.15, 0.2) is 24.1 Å². The molecule has 0 saturated heterocycles. The van der Waals surface area contributed by atoms with Crippen molar-refractivity contribution in [3.05, 3.63) is 29.0 Å². The average Bonchev–Trinajstić information content (AvgIpc) is 2.43. The fourth-order valence-corrected chi connectivity index (χ4v) is 0.975. The molecule has 0 spiro atoms. The molecular formula is C8H12S. The van der Waals surface area contributed by atoms with Gasteiger partial charge in [-0.3, -0.25) is 0 Å². The zero-order chi connectivity index (χ0) is 7.11. The minimum absolute atomic E-state index is 1.24. The molecule has 1 heterocycles. The molecule has 0 fully saturated rings. The maximum atomic E-state index is 3.61. The van der Waals surface area contributed by atoms with Crippen molar-refractivity contribution >= 4 is 17.4 Å². The van der Waals surface area contributed by atoms with Gasteiger partial charge in [-0.15, -0.1) is 11.3 Å². The van der Waals surface area contributed by atoms with Crippen LogP contribution in [0.1, 0.15) is 18.7 Å². The van der Waals surface area contributed by atoms with Gasteiger partial charge in [0.05, 0.1) is 0 Å². The second-order valence-electron chi connectivity index (χ2n) is 1.22. The number of hydrogen-bond acceptors (Lipinski definition) is 1. The highest BCUT2D eigenvalue weighted by atomic mass is 32.1. The summed E-state index contributed by atoms with van der Waals surface area (Å²) in [6.45, 7) is 7.61. The maximum Gasteiger partial charge on any atom is 0.0264 e. The first-order chi connectivity index (χ1) is 4.43. The molecular weight excluding hydrogens is 128 g/mol. The van der Waals surface area contributed by atoms with E-state index in [-0.39, 0.29) is 0 Å². The van der Waals surface area contributed by atoms with Crippen molar-refractivity contribution in [3.8, 4) is 0 Å². The topological polar surface area (TPSA) is 0 Å². The summed E-state index contributed by atoms with van der Waals surface area (Å²) in [5, 5.41) is 2.04. The molecule has 0 N–H and O–H groups in total. The third-order valence-electron chi connectivity index (χ3n) is 0.744. The van der Waals surface area contributed by atoms with Gasteiger partial charge in [0.2, 0.25) is 0 Å². The molecule has 0 atom stereocenters. The lowest BCUT2D eigenvalue weighted by Gasteiger charge is -1.71. The second kappa shape index (κ2) is 5.57. The maximum absolute atomic E-state index is 3.61. The van der Waals surface area contributed by atoms with E-state index in [0.29, 0.717) is 0 Å². The minimum atomic E-state index is 1.24. The molecule has 0 unspecified atom stereocenters. The van der Waals surface area contributed by atoms with E-state index in [9.17, 15) is 0 Å². The van der Waals surface area contributed by atoms with Crippen LogP contribution in [-0.2, 0) is 0 Å². The van der Waals surface area contributed by atoms with Crippen LogP contribution in [0.25, 0.3) is 6.08 Å². The van der Waals surface area contributed by atoms with Crippen molar-refractivity contribution in [1.29, 1.82) is 0 Å². The predicted octanol–water partition coefficient (Wildman–Crippen LogP) is 3.42. The molecule has 0 bridgehead atoms.